The summed E-state index contributed by atoms with van der Waals surface area (Å²) >= 11 is 0. The van der Waals surface area contributed by atoms with E-state index in [0.29, 0.717) is 19.1 Å². The fourth-order valence-electron chi connectivity index (χ4n) is 4.21. The minimum Gasteiger partial charge on any atom is -0.341 e. The molecule has 0 radical (unpaired) electrons. The molecule has 0 bridgehead atoms. The minimum atomic E-state index is -2.77. The molecule has 2 aromatic rings. The maximum atomic E-state index is 13.4. The van der Waals surface area contributed by atoms with Gasteiger partial charge in [-0.15, -0.1) is 12.4 Å². The maximum absolute atomic E-state index is 13.4. The van der Waals surface area contributed by atoms with E-state index in [2.05, 4.69) is 22.9 Å². The first kappa shape index (κ1) is 20.0. The van der Waals surface area contributed by atoms with Gasteiger partial charge in [-0.3, -0.25) is 10.1 Å². The smallest absolute Gasteiger partial charge is 0.262 e. The zero-order chi connectivity index (χ0) is 18.3. The van der Waals surface area contributed by atoms with Gasteiger partial charge in [-0.05, 0) is 25.0 Å². The Morgan fingerprint density at radius 1 is 1.30 bits per heavy atom. The van der Waals surface area contributed by atoms with Gasteiger partial charge in [0.25, 0.3) is 5.92 Å². The summed E-state index contributed by atoms with van der Waals surface area (Å²) in [5, 5.41) is 2.67. The fourth-order valence-corrected chi connectivity index (χ4v) is 4.21. The monoisotopic (exact) mass is 398 g/mol. The Labute approximate surface area is 163 Å². The molecule has 1 amide bonds. The lowest BCUT2D eigenvalue weighted by atomic mass is 10.0. The van der Waals surface area contributed by atoms with Crippen LogP contribution in [0.25, 0.3) is 11.0 Å². The predicted octanol–water partition coefficient (Wildman–Crippen LogP) is 3.18. The first-order chi connectivity index (χ1) is 12.5. The lowest BCUT2D eigenvalue weighted by molar-refractivity contribution is -0.135. The number of nitrogens with one attached hydrogen (secondary N) is 1. The van der Waals surface area contributed by atoms with Crippen LogP contribution in [0.3, 0.4) is 0 Å². The number of carbonyl (C=O) groups excluding carboxylic acids is 1. The number of rotatable bonds is 3. The highest BCUT2D eigenvalue weighted by molar-refractivity contribution is 5.85. The van der Waals surface area contributed by atoms with Crippen LogP contribution in [-0.4, -0.2) is 52.0 Å². The SMILES string of the molecule is CCc1nc2ccccc2n1C1CCN(C(=O)C2CC(F)(F)CN2)CC1.Cl. The number of fused-ring (bicyclic) bond motifs is 1. The van der Waals surface area contributed by atoms with Crippen molar-refractivity contribution in [2.24, 2.45) is 0 Å². The molecule has 2 saturated heterocycles. The van der Waals surface area contributed by atoms with Crippen molar-refractivity contribution in [2.45, 2.75) is 50.6 Å². The van der Waals surface area contributed by atoms with E-state index in [1.54, 1.807) is 4.90 Å². The number of aromatic nitrogens is 2. The summed E-state index contributed by atoms with van der Waals surface area (Å²) in [4.78, 5) is 19.0. The molecule has 1 N–H and O–H groups in total. The summed E-state index contributed by atoms with van der Waals surface area (Å²) in [5.74, 6) is -1.90. The number of piperidine rings is 1. The summed E-state index contributed by atoms with van der Waals surface area (Å²) in [7, 11) is 0. The van der Waals surface area contributed by atoms with Crippen molar-refractivity contribution in [3.8, 4) is 0 Å². The molecule has 2 aliphatic rings. The first-order valence-electron chi connectivity index (χ1n) is 9.34. The highest BCUT2D eigenvalue weighted by atomic mass is 35.5. The average molecular weight is 399 g/mol. The van der Waals surface area contributed by atoms with Gasteiger partial charge in [0, 0.05) is 32.0 Å². The third-order valence-corrected chi connectivity index (χ3v) is 5.53. The number of aryl methyl sites for hydroxylation is 1. The van der Waals surface area contributed by atoms with E-state index in [9.17, 15) is 13.6 Å². The number of nitrogens with zero attached hydrogens (tertiary/aromatic N) is 3. The van der Waals surface area contributed by atoms with Gasteiger partial charge in [0.1, 0.15) is 5.82 Å². The summed E-state index contributed by atoms with van der Waals surface area (Å²) in [6.07, 6.45) is 2.11. The van der Waals surface area contributed by atoms with Crippen LogP contribution in [-0.2, 0) is 11.2 Å². The average Bonchev–Trinajstić information content (AvgIpc) is 3.21. The Morgan fingerprint density at radius 2 is 2.00 bits per heavy atom. The number of alkyl halides is 2. The number of amides is 1. The maximum Gasteiger partial charge on any atom is 0.262 e. The van der Waals surface area contributed by atoms with Crippen LogP contribution >= 0.6 is 12.4 Å². The topological polar surface area (TPSA) is 50.2 Å². The van der Waals surface area contributed by atoms with E-state index >= 15 is 0 Å². The lowest BCUT2D eigenvalue weighted by Gasteiger charge is -2.35. The molecule has 148 valence electrons. The third kappa shape index (κ3) is 3.80. The first-order valence-corrected chi connectivity index (χ1v) is 9.34. The number of benzene rings is 1. The van der Waals surface area contributed by atoms with Crippen LogP contribution in [0.15, 0.2) is 24.3 Å². The molecule has 2 aliphatic heterocycles. The van der Waals surface area contributed by atoms with Gasteiger partial charge in [-0.2, -0.15) is 0 Å². The van der Waals surface area contributed by atoms with E-state index < -0.39 is 24.9 Å². The molecule has 27 heavy (non-hydrogen) atoms. The van der Waals surface area contributed by atoms with Crippen LogP contribution in [0.4, 0.5) is 8.78 Å². The molecule has 4 rings (SSSR count). The summed E-state index contributed by atoms with van der Waals surface area (Å²) < 4.78 is 29.0. The summed E-state index contributed by atoms with van der Waals surface area (Å²) in [5.41, 5.74) is 2.13. The quantitative estimate of drug-likeness (QED) is 0.863. The second-order valence-electron chi connectivity index (χ2n) is 7.29. The zero-order valence-corrected chi connectivity index (χ0v) is 16.1. The van der Waals surface area contributed by atoms with E-state index in [1.807, 2.05) is 18.2 Å². The van der Waals surface area contributed by atoms with E-state index in [1.165, 1.54) is 0 Å². The van der Waals surface area contributed by atoms with Crippen molar-refractivity contribution in [3.05, 3.63) is 30.1 Å². The van der Waals surface area contributed by atoms with E-state index in [4.69, 9.17) is 4.98 Å². The summed E-state index contributed by atoms with van der Waals surface area (Å²) in [6.45, 7) is 2.90. The molecule has 1 aromatic carbocycles. The van der Waals surface area contributed by atoms with Gasteiger partial charge in [-0.25, -0.2) is 13.8 Å². The summed E-state index contributed by atoms with van der Waals surface area (Å²) in [6, 6.07) is 7.66. The molecule has 0 aliphatic carbocycles. The lowest BCUT2D eigenvalue weighted by Crippen LogP contribution is -2.47. The van der Waals surface area contributed by atoms with Crippen molar-refractivity contribution in [3.63, 3.8) is 0 Å². The Bertz CT molecular complexity index is 817. The molecule has 1 atom stereocenters. The second kappa shape index (κ2) is 7.72. The van der Waals surface area contributed by atoms with Crippen LogP contribution in [0.5, 0.6) is 0 Å². The molecule has 0 spiro atoms. The van der Waals surface area contributed by atoms with Crippen molar-refractivity contribution in [2.75, 3.05) is 19.6 Å². The molecule has 2 fully saturated rings. The Morgan fingerprint density at radius 3 is 2.63 bits per heavy atom. The largest absolute Gasteiger partial charge is 0.341 e. The second-order valence-corrected chi connectivity index (χ2v) is 7.29. The standard InChI is InChI=1S/C19H24F2N4O.ClH/c1-2-17-23-14-5-3-4-6-16(14)25(17)13-7-9-24(10-8-13)18(26)15-11-19(20,21)12-22-15;/h3-6,13,15,22H,2,7-12H2,1H3;1H. The number of para-hydroxylation sites is 2. The molecule has 0 saturated carbocycles. The van der Waals surface area contributed by atoms with Gasteiger partial charge < -0.3 is 9.47 Å². The van der Waals surface area contributed by atoms with Crippen LogP contribution in [0.2, 0.25) is 0 Å². The predicted molar refractivity (Wildman–Crippen MR) is 103 cm³/mol. The number of hydrogen-bond acceptors (Lipinski definition) is 3. The normalized spacial score (nSPS) is 22.8. The Balaban J connectivity index is 0.00000210. The molecular weight excluding hydrogens is 374 g/mol. The van der Waals surface area contributed by atoms with Crippen LogP contribution in [0.1, 0.15) is 38.1 Å². The molecule has 1 unspecified atom stereocenters. The van der Waals surface area contributed by atoms with Gasteiger partial charge in [0.15, 0.2) is 0 Å². The number of hydrogen-bond donors (Lipinski definition) is 1. The van der Waals surface area contributed by atoms with E-state index in [-0.39, 0.29) is 18.3 Å². The van der Waals surface area contributed by atoms with Gasteiger partial charge in [0.05, 0.1) is 23.6 Å². The zero-order valence-electron chi connectivity index (χ0n) is 15.3. The third-order valence-electron chi connectivity index (χ3n) is 5.53. The van der Waals surface area contributed by atoms with Gasteiger partial charge in [-0.1, -0.05) is 19.1 Å². The van der Waals surface area contributed by atoms with Gasteiger partial charge >= 0.3 is 0 Å². The highest BCUT2D eigenvalue weighted by Crippen LogP contribution is 2.31. The van der Waals surface area contributed by atoms with E-state index in [0.717, 1.165) is 36.1 Å². The van der Waals surface area contributed by atoms with Crippen molar-refractivity contribution in [1.82, 2.24) is 19.8 Å². The van der Waals surface area contributed by atoms with Gasteiger partial charge in [0.2, 0.25) is 5.91 Å². The molecule has 8 heteroatoms. The molecule has 5 nitrogen and oxygen atoms in total. The Hall–Kier alpha value is -1.73. The Kier molecular flexibility index (Phi) is 5.72. The molecular formula is C19H25ClF2N4O. The van der Waals surface area contributed by atoms with Crippen LogP contribution in [0, 0.1) is 0 Å². The fraction of sp³-hybridized carbons (Fsp3) is 0.579. The van der Waals surface area contributed by atoms with Crippen LogP contribution < -0.4 is 5.32 Å². The van der Waals surface area contributed by atoms with Crippen molar-refractivity contribution < 1.29 is 13.6 Å². The molecule has 3 heterocycles. The number of likely N-dealkylation sites (tertiary alicyclic amines) is 1. The minimum absolute atomic E-state index is 0. The van der Waals surface area contributed by atoms with Crippen molar-refractivity contribution >= 4 is 29.3 Å². The molecule has 1 aromatic heterocycles. The number of halogens is 3. The highest BCUT2D eigenvalue weighted by Gasteiger charge is 2.44. The van der Waals surface area contributed by atoms with Crippen molar-refractivity contribution in [1.29, 1.82) is 0 Å². The number of imidazole rings is 1. The number of carbonyl (C=O) groups is 1.